The number of benzene rings is 1. The minimum atomic E-state index is -0.970. The molecule has 4 nitrogen and oxygen atoms in total. The third-order valence-electron chi connectivity index (χ3n) is 2.43. The molecule has 5 heteroatoms. The van der Waals surface area contributed by atoms with E-state index < -0.39 is 17.8 Å². The van der Waals surface area contributed by atoms with Gasteiger partial charge in [-0.3, -0.25) is 9.59 Å². The van der Waals surface area contributed by atoms with Gasteiger partial charge in [0.25, 0.3) is 0 Å². The lowest BCUT2D eigenvalue weighted by molar-refractivity contribution is -0.142. The van der Waals surface area contributed by atoms with E-state index in [0.717, 1.165) is 0 Å². The SMILES string of the molecule is CCOC(=O)CC#Cc1ccc(CCC(=O)O)c(F)c1. The molecule has 106 valence electrons. The fraction of sp³-hybridized carbons (Fsp3) is 0.333. The van der Waals surface area contributed by atoms with Gasteiger partial charge in [-0.25, -0.2) is 4.39 Å². The summed E-state index contributed by atoms with van der Waals surface area (Å²) in [5.74, 6) is 3.38. The van der Waals surface area contributed by atoms with Gasteiger partial charge in [-0.1, -0.05) is 17.9 Å². The van der Waals surface area contributed by atoms with Crippen molar-refractivity contribution in [2.45, 2.75) is 26.2 Å². The number of hydrogen-bond acceptors (Lipinski definition) is 3. The van der Waals surface area contributed by atoms with Gasteiger partial charge in [-0.15, -0.1) is 0 Å². The minimum Gasteiger partial charge on any atom is -0.481 e. The number of aliphatic carboxylic acids is 1. The largest absolute Gasteiger partial charge is 0.481 e. The summed E-state index contributed by atoms with van der Waals surface area (Å²) in [7, 11) is 0. The first kappa shape index (κ1) is 15.7. The average molecular weight is 278 g/mol. The summed E-state index contributed by atoms with van der Waals surface area (Å²) < 4.78 is 18.4. The van der Waals surface area contributed by atoms with E-state index >= 15 is 0 Å². The Morgan fingerprint density at radius 2 is 2.15 bits per heavy atom. The number of esters is 1. The lowest BCUT2D eigenvalue weighted by Crippen LogP contribution is -2.01. The second-order valence-electron chi connectivity index (χ2n) is 3.98. The van der Waals surface area contributed by atoms with Gasteiger partial charge in [0.1, 0.15) is 12.2 Å². The van der Waals surface area contributed by atoms with E-state index in [-0.39, 0.29) is 19.3 Å². The number of rotatable bonds is 5. The molecule has 0 spiro atoms. The molecule has 1 aromatic rings. The molecule has 0 saturated heterocycles. The summed E-state index contributed by atoms with van der Waals surface area (Å²) in [6.45, 7) is 2.00. The molecule has 0 fully saturated rings. The molecule has 0 aliphatic heterocycles. The molecule has 0 unspecified atom stereocenters. The van der Waals surface area contributed by atoms with Crippen LogP contribution in [0.25, 0.3) is 0 Å². The predicted molar refractivity (Wildman–Crippen MR) is 70.5 cm³/mol. The number of carboxylic acid groups (broad SMARTS) is 1. The van der Waals surface area contributed by atoms with E-state index in [9.17, 15) is 14.0 Å². The van der Waals surface area contributed by atoms with E-state index in [1.165, 1.54) is 12.1 Å². The Morgan fingerprint density at radius 1 is 1.40 bits per heavy atom. The number of carbonyl (C=O) groups is 2. The van der Waals surface area contributed by atoms with Crippen LogP contribution in [0.3, 0.4) is 0 Å². The highest BCUT2D eigenvalue weighted by Gasteiger charge is 2.05. The monoisotopic (exact) mass is 278 g/mol. The molecule has 1 aromatic carbocycles. The first-order valence-electron chi connectivity index (χ1n) is 6.17. The maximum Gasteiger partial charge on any atom is 0.317 e. The van der Waals surface area contributed by atoms with Crippen LogP contribution in [0, 0.1) is 17.7 Å². The quantitative estimate of drug-likeness (QED) is 0.662. The van der Waals surface area contributed by atoms with Crippen LogP contribution in [0.4, 0.5) is 4.39 Å². The van der Waals surface area contributed by atoms with Crippen molar-refractivity contribution in [2.24, 2.45) is 0 Å². The van der Waals surface area contributed by atoms with Gasteiger partial charge in [0.05, 0.1) is 6.61 Å². The van der Waals surface area contributed by atoms with E-state index in [4.69, 9.17) is 9.84 Å². The zero-order chi connectivity index (χ0) is 15.0. The third kappa shape index (κ3) is 5.53. The first-order chi connectivity index (χ1) is 9.52. The molecule has 0 aliphatic rings. The number of halogens is 1. The lowest BCUT2D eigenvalue weighted by Gasteiger charge is -2.01. The Balaban J connectivity index is 2.65. The number of aryl methyl sites for hydroxylation is 1. The predicted octanol–water partition coefficient (Wildman–Crippen LogP) is 2.15. The summed E-state index contributed by atoms with van der Waals surface area (Å²) >= 11 is 0. The van der Waals surface area contributed by atoms with Crippen molar-refractivity contribution in [3.8, 4) is 11.8 Å². The number of hydrogen-bond donors (Lipinski definition) is 1. The molecule has 0 bridgehead atoms. The Bertz CT molecular complexity index is 555. The van der Waals surface area contributed by atoms with E-state index in [1.54, 1.807) is 13.0 Å². The molecular formula is C15H15FO4. The zero-order valence-electron chi connectivity index (χ0n) is 11.1. The van der Waals surface area contributed by atoms with Crippen molar-refractivity contribution in [3.63, 3.8) is 0 Å². The van der Waals surface area contributed by atoms with Crippen molar-refractivity contribution < 1.29 is 23.8 Å². The number of ether oxygens (including phenoxy) is 1. The maximum atomic E-state index is 13.7. The van der Waals surface area contributed by atoms with Crippen molar-refractivity contribution in [2.75, 3.05) is 6.61 Å². The summed E-state index contributed by atoms with van der Waals surface area (Å²) in [6, 6.07) is 4.33. The maximum absolute atomic E-state index is 13.7. The highest BCUT2D eigenvalue weighted by molar-refractivity contribution is 5.72. The lowest BCUT2D eigenvalue weighted by atomic mass is 10.1. The summed E-state index contributed by atoms with van der Waals surface area (Å²) in [6.07, 6.45) is -0.0290. The van der Waals surface area contributed by atoms with Gasteiger partial charge in [0.15, 0.2) is 0 Å². The molecule has 0 heterocycles. The van der Waals surface area contributed by atoms with E-state index in [1.807, 2.05) is 0 Å². The Labute approximate surface area is 116 Å². The first-order valence-corrected chi connectivity index (χ1v) is 6.17. The van der Waals surface area contributed by atoms with Gasteiger partial charge in [-0.05, 0) is 31.0 Å². The molecule has 0 aromatic heterocycles. The Morgan fingerprint density at radius 3 is 2.75 bits per heavy atom. The fourth-order valence-corrected chi connectivity index (χ4v) is 1.50. The van der Waals surface area contributed by atoms with Crippen LogP contribution in [-0.4, -0.2) is 23.7 Å². The van der Waals surface area contributed by atoms with Crippen LogP contribution in [-0.2, 0) is 20.7 Å². The summed E-state index contributed by atoms with van der Waals surface area (Å²) in [5.41, 5.74) is 0.772. The van der Waals surface area contributed by atoms with Gasteiger partial charge in [0, 0.05) is 12.0 Å². The molecule has 20 heavy (non-hydrogen) atoms. The normalized spacial score (nSPS) is 9.50. The molecule has 1 N–H and O–H groups in total. The van der Waals surface area contributed by atoms with Crippen molar-refractivity contribution in [1.82, 2.24) is 0 Å². The second-order valence-corrected chi connectivity index (χ2v) is 3.98. The molecule has 1 rings (SSSR count). The van der Waals surface area contributed by atoms with Gasteiger partial charge >= 0.3 is 11.9 Å². The van der Waals surface area contributed by atoms with E-state index in [2.05, 4.69) is 11.8 Å². The van der Waals surface area contributed by atoms with Gasteiger partial charge in [-0.2, -0.15) is 0 Å². The molecule has 0 aliphatic carbocycles. The average Bonchev–Trinajstić information content (AvgIpc) is 2.38. The van der Waals surface area contributed by atoms with Crippen LogP contribution >= 0.6 is 0 Å². The smallest absolute Gasteiger partial charge is 0.317 e. The van der Waals surface area contributed by atoms with Gasteiger partial charge < -0.3 is 9.84 Å². The number of carbonyl (C=O) groups excluding carboxylic acids is 1. The fourth-order valence-electron chi connectivity index (χ4n) is 1.50. The Kier molecular flexibility index (Phi) is 6.24. The highest BCUT2D eigenvalue weighted by Crippen LogP contribution is 2.12. The summed E-state index contributed by atoms with van der Waals surface area (Å²) in [4.78, 5) is 21.5. The van der Waals surface area contributed by atoms with Crippen LogP contribution in [0.1, 0.15) is 30.9 Å². The van der Waals surface area contributed by atoms with Crippen molar-refractivity contribution in [3.05, 3.63) is 35.1 Å². The topological polar surface area (TPSA) is 63.6 Å². The van der Waals surface area contributed by atoms with Crippen molar-refractivity contribution in [1.29, 1.82) is 0 Å². The molecule has 0 radical (unpaired) electrons. The zero-order valence-corrected chi connectivity index (χ0v) is 11.1. The highest BCUT2D eigenvalue weighted by atomic mass is 19.1. The van der Waals surface area contributed by atoms with Crippen LogP contribution < -0.4 is 0 Å². The minimum absolute atomic E-state index is 0.0454. The van der Waals surface area contributed by atoms with Crippen LogP contribution in [0.15, 0.2) is 18.2 Å². The van der Waals surface area contributed by atoms with Crippen LogP contribution in [0.2, 0.25) is 0 Å². The molecule has 0 atom stereocenters. The standard InChI is InChI=1S/C15H15FO4/c1-2-20-15(19)5-3-4-11-6-7-12(13(16)10-11)8-9-14(17)18/h6-7,10H,2,5,8-9H2,1H3,(H,17,18). The Hall–Kier alpha value is -2.35. The van der Waals surface area contributed by atoms with Crippen LogP contribution in [0.5, 0.6) is 0 Å². The van der Waals surface area contributed by atoms with E-state index in [0.29, 0.717) is 17.7 Å². The second kappa shape index (κ2) is 7.95. The number of carboxylic acids is 1. The molecular weight excluding hydrogens is 263 g/mol. The summed E-state index contributed by atoms with van der Waals surface area (Å²) in [5, 5.41) is 8.54. The third-order valence-corrected chi connectivity index (χ3v) is 2.43. The van der Waals surface area contributed by atoms with Crippen molar-refractivity contribution >= 4 is 11.9 Å². The van der Waals surface area contributed by atoms with Gasteiger partial charge in [0.2, 0.25) is 0 Å². The molecule has 0 saturated carbocycles. The molecule has 0 amide bonds.